The van der Waals surface area contributed by atoms with E-state index in [1.54, 1.807) is 0 Å². The zero-order valence-corrected chi connectivity index (χ0v) is 9.71. The molecular weight excluding hydrogens is 291 g/mol. The van der Waals surface area contributed by atoms with E-state index in [0.29, 0.717) is 5.52 Å². The molecule has 0 aromatic carbocycles. The number of carbonyl (C=O) groups is 1. The van der Waals surface area contributed by atoms with Crippen molar-refractivity contribution in [2.75, 3.05) is 11.9 Å². The maximum absolute atomic E-state index is 11.8. The van der Waals surface area contributed by atoms with E-state index in [9.17, 15) is 18.0 Å². The molecule has 1 amide bonds. The minimum atomic E-state index is -4.61. The summed E-state index contributed by atoms with van der Waals surface area (Å²) >= 11 is 5.74. The Labute approximate surface area is 108 Å². The summed E-state index contributed by atoms with van der Waals surface area (Å²) in [6.07, 6.45) is -4.65. The van der Waals surface area contributed by atoms with E-state index in [0.717, 1.165) is 0 Å². The molecule has 0 spiro atoms. The van der Waals surface area contributed by atoms with Gasteiger partial charge in [0.2, 0.25) is 5.95 Å². The third-order valence-corrected chi connectivity index (χ3v) is 2.10. The molecule has 102 valence electrons. The Bertz CT molecular complexity index is 614. The van der Waals surface area contributed by atoms with Gasteiger partial charge in [-0.05, 0) is 0 Å². The fourth-order valence-electron chi connectivity index (χ4n) is 1.13. The largest absolute Gasteiger partial charge is 0.440 e. The summed E-state index contributed by atoms with van der Waals surface area (Å²) in [6.45, 7) is -1.71. The minimum Gasteiger partial charge on any atom is -0.440 e. The number of imidazole rings is 1. The van der Waals surface area contributed by atoms with E-state index in [2.05, 4.69) is 24.7 Å². The summed E-state index contributed by atoms with van der Waals surface area (Å²) in [5.74, 6) is -0.309. The number of rotatable bonds is 2. The number of nitrogens with one attached hydrogen (secondary N) is 2. The van der Waals surface area contributed by atoms with E-state index in [4.69, 9.17) is 11.6 Å². The maximum atomic E-state index is 11.8. The molecule has 2 aromatic rings. The van der Waals surface area contributed by atoms with Gasteiger partial charge in [-0.15, -0.1) is 0 Å². The van der Waals surface area contributed by atoms with Crippen molar-refractivity contribution < 1.29 is 22.7 Å². The molecule has 0 fully saturated rings. The Morgan fingerprint density at radius 3 is 2.89 bits per heavy atom. The van der Waals surface area contributed by atoms with Crippen LogP contribution >= 0.6 is 11.6 Å². The number of aromatic amines is 1. The first-order valence-corrected chi connectivity index (χ1v) is 5.10. The Kier molecular flexibility index (Phi) is 3.42. The van der Waals surface area contributed by atoms with Crippen molar-refractivity contribution in [3.63, 3.8) is 0 Å². The highest BCUT2D eigenvalue weighted by molar-refractivity contribution is 6.33. The highest BCUT2D eigenvalue weighted by Crippen LogP contribution is 2.18. The summed E-state index contributed by atoms with van der Waals surface area (Å²) in [5, 5.41) is 1.88. The van der Waals surface area contributed by atoms with Gasteiger partial charge in [-0.1, -0.05) is 11.6 Å². The number of ether oxygens (including phenoxy) is 1. The number of hydrogen-bond donors (Lipinski definition) is 2. The van der Waals surface area contributed by atoms with E-state index in [1.165, 1.54) is 6.33 Å². The number of anilines is 1. The van der Waals surface area contributed by atoms with Crippen LogP contribution in [-0.4, -0.2) is 38.8 Å². The number of H-pyrrole nitrogens is 1. The molecule has 2 N–H and O–H groups in total. The first-order chi connectivity index (χ1) is 8.85. The van der Waals surface area contributed by atoms with Gasteiger partial charge in [0.05, 0.1) is 6.33 Å². The van der Waals surface area contributed by atoms with Crippen LogP contribution in [0.15, 0.2) is 6.33 Å². The smallest absolute Gasteiger partial charge is 0.422 e. The molecule has 2 rings (SSSR count). The molecule has 2 aromatic heterocycles. The number of aromatic nitrogens is 4. The van der Waals surface area contributed by atoms with Crippen molar-refractivity contribution in [1.82, 2.24) is 19.9 Å². The average Bonchev–Trinajstić information content (AvgIpc) is 2.74. The van der Waals surface area contributed by atoms with Gasteiger partial charge in [0.1, 0.15) is 5.52 Å². The lowest BCUT2D eigenvalue weighted by Crippen LogP contribution is -2.24. The molecule has 0 saturated heterocycles. The third-order valence-electron chi connectivity index (χ3n) is 1.82. The molecular formula is C8H5ClF3N5O2. The van der Waals surface area contributed by atoms with Crippen molar-refractivity contribution in [3.8, 4) is 0 Å². The van der Waals surface area contributed by atoms with Gasteiger partial charge in [-0.25, -0.2) is 9.78 Å². The Morgan fingerprint density at radius 2 is 2.21 bits per heavy atom. The van der Waals surface area contributed by atoms with Gasteiger partial charge in [0.15, 0.2) is 17.4 Å². The van der Waals surface area contributed by atoms with Crippen LogP contribution in [0.4, 0.5) is 23.9 Å². The van der Waals surface area contributed by atoms with Gasteiger partial charge in [0, 0.05) is 0 Å². The molecule has 0 aliphatic carbocycles. The minimum absolute atomic E-state index is 0.0337. The van der Waals surface area contributed by atoms with Crippen molar-refractivity contribution in [2.24, 2.45) is 0 Å². The maximum Gasteiger partial charge on any atom is 0.422 e. The number of fused-ring (bicyclic) bond motifs is 1. The van der Waals surface area contributed by atoms with Crippen LogP contribution < -0.4 is 5.32 Å². The number of carbonyl (C=O) groups excluding carboxylic acids is 1. The summed E-state index contributed by atoms with van der Waals surface area (Å²) < 4.78 is 39.4. The lowest BCUT2D eigenvalue weighted by Gasteiger charge is -2.08. The zero-order valence-electron chi connectivity index (χ0n) is 8.95. The van der Waals surface area contributed by atoms with Gasteiger partial charge in [-0.3, -0.25) is 5.32 Å². The first-order valence-electron chi connectivity index (χ1n) is 4.72. The third kappa shape index (κ3) is 3.44. The molecule has 0 bridgehead atoms. The molecule has 0 saturated carbocycles. The number of nitrogens with zero attached hydrogens (tertiary/aromatic N) is 3. The van der Waals surface area contributed by atoms with Crippen molar-refractivity contribution in [3.05, 3.63) is 11.5 Å². The van der Waals surface area contributed by atoms with E-state index in [1.807, 2.05) is 5.32 Å². The van der Waals surface area contributed by atoms with Crippen molar-refractivity contribution >= 4 is 34.8 Å². The van der Waals surface area contributed by atoms with Crippen LogP contribution in [0.5, 0.6) is 0 Å². The predicted molar refractivity (Wildman–Crippen MR) is 57.7 cm³/mol. The molecule has 0 aliphatic heterocycles. The second kappa shape index (κ2) is 4.88. The fourth-order valence-corrected chi connectivity index (χ4v) is 1.35. The molecule has 0 atom stereocenters. The Balaban J connectivity index is 2.06. The summed E-state index contributed by atoms with van der Waals surface area (Å²) in [6, 6.07) is 0. The Morgan fingerprint density at radius 1 is 1.47 bits per heavy atom. The normalized spacial score (nSPS) is 11.6. The second-order valence-electron chi connectivity index (χ2n) is 3.26. The molecule has 0 radical (unpaired) electrons. The van der Waals surface area contributed by atoms with Gasteiger partial charge >= 0.3 is 12.3 Å². The SMILES string of the molecule is O=C(Nc1nc(Cl)c2[nH]cnc2n1)OCC(F)(F)F. The summed E-state index contributed by atoms with van der Waals surface area (Å²) in [4.78, 5) is 24.9. The van der Waals surface area contributed by atoms with Crippen molar-refractivity contribution in [2.45, 2.75) is 6.18 Å². The fraction of sp³-hybridized carbons (Fsp3) is 0.250. The highest BCUT2D eigenvalue weighted by atomic mass is 35.5. The number of alkyl halides is 3. The second-order valence-corrected chi connectivity index (χ2v) is 3.61. The average molecular weight is 296 g/mol. The molecule has 19 heavy (non-hydrogen) atoms. The number of amides is 1. The van der Waals surface area contributed by atoms with Crippen LogP contribution in [0.2, 0.25) is 5.15 Å². The molecule has 7 nitrogen and oxygen atoms in total. The number of hydrogen-bond acceptors (Lipinski definition) is 5. The van der Waals surface area contributed by atoms with Crippen molar-refractivity contribution in [1.29, 1.82) is 0 Å². The molecule has 0 aliphatic rings. The van der Waals surface area contributed by atoms with Gasteiger partial charge < -0.3 is 9.72 Å². The molecule has 0 unspecified atom stereocenters. The highest BCUT2D eigenvalue weighted by Gasteiger charge is 2.29. The lowest BCUT2D eigenvalue weighted by molar-refractivity contribution is -0.159. The van der Waals surface area contributed by atoms with Gasteiger partial charge in [-0.2, -0.15) is 23.1 Å². The molecule has 2 heterocycles. The standard InChI is InChI=1S/C8H5ClF3N5O2/c9-4-3-5(14-2-13-3)16-6(15-4)17-7(18)19-1-8(10,11)12/h2H,1H2,(H2,13,14,15,16,17,18). The van der Waals surface area contributed by atoms with E-state index in [-0.39, 0.29) is 16.7 Å². The zero-order chi connectivity index (χ0) is 14.0. The van der Waals surface area contributed by atoms with Crippen LogP contribution in [0, 0.1) is 0 Å². The van der Waals surface area contributed by atoms with Gasteiger partial charge in [0.25, 0.3) is 0 Å². The number of halogens is 4. The lowest BCUT2D eigenvalue weighted by atomic mass is 10.5. The monoisotopic (exact) mass is 295 g/mol. The topological polar surface area (TPSA) is 92.8 Å². The Hall–Kier alpha value is -2.10. The first kappa shape index (κ1) is 13.3. The summed E-state index contributed by atoms with van der Waals surface area (Å²) in [5.41, 5.74) is 0.502. The van der Waals surface area contributed by atoms with E-state index < -0.39 is 18.9 Å². The van der Waals surface area contributed by atoms with Crippen LogP contribution in [0.3, 0.4) is 0 Å². The van der Waals surface area contributed by atoms with E-state index >= 15 is 0 Å². The van der Waals surface area contributed by atoms with Crippen LogP contribution in [-0.2, 0) is 4.74 Å². The predicted octanol–water partition coefficient (Wildman–Crippen LogP) is 2.12. The summed E-state index contributed by atoms with van der Waals surface area (Å²) in [7, 11) is 0. The van der Waals surface area contributed by atoms with Crippen LogP contribution in [0.25, 0.3) is 11.2 Å². The quantitative estimate of drug-likeness (QED) is 0.828. The molecule has 11 heteroatoms. The van der Waals surface area contributed by atoms with Crippen LogP contribution in [0.1, 0.15) is 0 Å².